The average Bonchev–Trinajstić information content (AvgIpc) is 2.32. The summed E-state index contributed by atoms with van der Waals surface area (Å²) < 4.78 is 0. The van der Waals surface area contributed by atoms with E-state index in [0.29, 0.717) is 6.04 Å². The van der Waals surface area contributed by atoms with Gasteiger partial charge in [-0.2, -0.15) is 11.8 Å². The molecule has 1 aromatic rings. The van der Waals surface area contributed by atoms with Gasteiger partial charge in [-0.3, -0.25) is 4.90 Å². The second-order valence-electron chi connectivity index (χ2n) is 4.99. The van der Waals surface area contributed by atoms with Crippen molar-refractivity contribution >= 4 is 11.8 Å². The second-order valence-corrected chi connectivity index (χ2v) is 5.97. The molecular formula is C15H26N2S. The molecule has 1 aromatic carbocycles. The fraction of sp³-hybridized carbons (Fsp3) is 0.600. The first-order valence-electron chi connectivity index (χ1n) is 6.58. The Kier molecular flexibility index (Phi) is 6.76. The molecule has 0 aliphatic rings. The van der Waals surface area contributed by atoms with Crippen LogP contribution in [0, 0.1) is 6.92 Å². The number of aryl methyl sites for hydroxylation is 1. The maximum atomic E-state index is 6.20. The molecule has 102 valence electrons. The lowest BCUT2D eigenvalue weighted by molar-refractivity contribution is 0.219. The maximum absolute atomic E-state index is 6.20. The van der Waals surface area contributed by atoms with E-state index < -0.39 is 0 Å². The highest BCUT2D eigenvalue weighted by atomic mass is 32.2. The zero-order chi connectivity index (χ0) is 13.5. The van der Waals surface area contributed by atoms with Crippen molar-refractivity contribution in [3.05, 3.63) is 35.4 Å². The van der Waals surface area contributed by atoms with Gasteiger partial charge in [0.2, 0.25) is 0 Å². The van der Waals surface area contributed by atoms with E-state index in [1.165, 1.54) is 23.3 Å². The quantitative estimate of drug-likeness (QED) is 0.769. The summed E-state index contributed by atoms with van der Waals surface area (Å²) in [6.07, 6.45) is 3.37. The van der Waals surface area contributed by atoms with Crippen LogP contribution in [0.3, 0.4) is 0 Å². The van der Waals surface area contributed by atoms with Gasteiger partial charge in [0.05, 0.1) is 0 Å². The summed E-state index contributed by atoms with van der Waals surface area (Å²) in [5.41, 5.74) is 8.89. The van der Waals surface area contributed by atoms with E-state index >= 15 is 0 Å². The molecule has 2 N–H and O–H groups in total. The molecule has 0 aliphatic carbocycles. The van der Waals surface area contributed by atoms with E-state index in [2.05, 4.69) is 56.3 Å². The highest BCUT2D eigenvalue weighted by Crippen LogP contribution is 2.25. The first kappa shape index (κ1) is 15.5. The third-order valence-corrected chi connectivity index (χ3v) is 4.04. The Balaban J connectivity index is 2.79. The van der Waals surface area contributed by atoms with Crippen molar-refractivity contribution in [3.8, 4) is 0 Å². The molecule has 0 fully saturated rings. The molecule has 1 rings (SSSR count). The van der Waals surface area contributed by atoms with E-state index in [1.54, 1.807) is 0 Å². The van der Waals surface area contributed by atoms with E-state index in [9.17, 15) is 0 Å². The zero-order valence-corrected chi connectivity index (χ0v) is 12.8. The highest BCUT2D eigenvalue weighted by Gasteiger charge is 2.21. The summed E-state index contributed by atoms with van der Waals surface area (Å²) in [7, 11) is 2.18. The lowest BCUT2D eigenvalue weighted by Crippen LogP contribution is -2.38. The van der Waals surface area contributed by atoms with Gasteiger partial charge in [-0.05, 0) is 57.0 Å². The second kappa shape index (κ2) is 7.82. The smallest absolute Gasteiger partial charge is 0.0496 e. The normalized spacial score (nSPS) is 14.8. The van der Waals surface area contributed by atoms with Crippen LogP contribution in [0.4, 0.5) is 0 Å². The van der Waals surface area contributed by atoms with Crippen LogP contribution in [0.1, 0.15) is 30.5 Å². The van der Waals surface area contributed by atoms with E-state index in [-0.39, 0.29) is 6.04 Å². The van der Waals surface area contributed by atoms with Gasteiger partial charge in [-0.1, -0.05) is 24.3 Å². The van der Waals surface area contributed by atoms with Crippen molar-refractivity contribution < 1.29 is 0 Å². The van der Waals surface area contributed by atoms with Crippen LogP contribution in [0.15, 0.2) is 24.3 Å². The Morgan fingerprint density at radius 1 is 1.33 bits per heavy atom. The van der Waals surface area contributed by atoms with Gasteiger partial charge in [-0.25, -0.2) is 0 Å². The Bertz CT molecular complexity index is 352. The van der Waals surface area contributed by atoms with Crippen molar-refractivity contribution in [1.29, 1.82) is 0 Å². The molecule has 0 bridgehead atoms. The molecule has 0 saturated heterocycles. The fourth-order valence-electron chi connectivity index (χ4n) is 2.44. The minimum atomic E-state index is 0.144. The first-order chi connectivity index (χ1) is 8.57. The highest BCUT2D eigenvalue weighted by molar-refractivity contribution is 7.98. The number of hydrogen-bond donors (Lipinski definition) is 1. The SMILES string of the molecule is CSCCCN(C)C(c1ccccc1C)C(C)N. The molecule has 0 heterocycles. The Hall–Kier alpha value is -0.510. The topological polar surface area (TPSA) is 29.3 Å². The molecule has 0 radical (unpaired) electrons. The number of rotatable bonds is 7. The number of thioether (sulfide) groups is 1. The molecule has 2 unspecified atom stereocenters. The summed E-state index contributed by atoms with van der Waals surface area (Å²) in [5.74, 6) is 1.21. The number of likely N-dealkylation sites (N-methyl/N-ethyl adjacent to an activating group) is 1. The molecule has 18 heavy (non-hydrogen) atoms. The minimum absolute atomic E-state index is 0.144. The van der Waals surface area contributed by atoms with Crippen LogP contribution >= 0.6 is 11.8 Å². The summed E-state index contributed by atoms with van der Waals surface area (Å²) in [6, 6.07) is 9.02. The van der Waals surface area contributed by atoms with Crippen molar-refractivity contribution in [1.82, 2.24) is 4.90 Å². The van der Waals surface area contributed by atoms with Gasteiger partial charge in [-0.15, -0.1) is 0 Å². The zero-order valence-electron chi connectivity index (χ0n) is 12.0. The lowest BCUT2D eigenvalue weighted by Gasteiger charge is -2.32. The van der Waals surface area contributed by atoms with Crippen molar-refractivity contribution in [2.45, 2.75) is 32.4 Å². The standard InChI is InChI=1S/C15H26N2S/c1-12-8-5-6-9-14(12)15(13(2)16)17(3)10-7-11-18-4/h5-6,8-9,13,15H,7,10-11,16H2,1-4H3. The predicted molar refractivity (Wildman–Crippen MR) is 83.2 cm³/mol. The first-order valence-corrected chi connectivity index (χ1v) is 7.97. The Labute approximate surface area is 116 Å². The molecule has 0 saturated carbocycles. The van der Waals surface area contributed by atoms with Gasteiger partial charge in [0, 0.05) is 12.1 Å². The van der Waals surface area contributed by atoms with Crippen molar-refractivity contribution in [3.63, 3.8) is 0 Å². The van der Waals surface area contributed by atoms with Gasteiger partial charge in [0.15, 0.2) is 0 Å². The van der Waals surface area contributed by atoms with Crippen molar-refractivity contribution in [2.75, 3.05) is 25.6 Å². The van der Waals surface area contributed by atoms with Crippen molar-refractivity contribution in [2.24, 2.45) is 5.73 Å². The summed E-state index contributed by atoms with van der Waals surface area (Å²) in [4.78, 5) is 2.39. The van der Waals surface area contributed by atoms with Crippen LogP contribution in [0.5, 0.6) is 0 Å². The number of hydrogen-bond acceptors (Lipinski definition) is 3. The summed E-state index contributed by atoms with van der Waals surface area (Å²) in [6.45, 7) is 5.37. The Morgan fingerprint density at radius 3 is 2.56 bits per heavy atom. The molecule has 3 heteroatoms. The number of nitrogens with zero attached hydrogens (tertiary/aromatic N) is 1. The van der Waals surface area contributed by atoms with E-state index in [4.69, 9.17) is 5.73 Å². The van der Waals surface area contributed by atoms with Crippen LogP contribution in [0.2, 0.25) is 0 Å². The van der Waals surface area contributed by atoms with E-state index in [0.717, 1.165) is 6.54 Å². The minimum Gasteiger partial charge on any atom is -0.326 e. The molecule has 2 nitrogen and oxygen atoms in total. The molecule has 2 atom stereocenters. The Morgan fingerprint density at radius 2 is 2.00 bits per heavy atom. The molecule has 0 aliphatic heterocycles. The van der Waals surface area contributed by atoms with Crippen LogP contribution in [-0.2, 0) is 0 Å². The predicted octanol–water partition coefficient (Wildman–Crippen LogP) is 3.07. The van der Waals surface area contributed by atoms with Crippen LogP contribution in [-0.4, -0.2) is 36.5 Å². The third-order valence-electron chi connectivity index (χ3n) is 3.34. The average molecular weight is 266 g/mol. The largest absolute Gasteiger partial charge is 0.326 e. The van der Waals surface area contributed by atoms with Crippen LogP contribution in [0.25, 0.3) is 0 Å². The van der Waals surface area contributed by atoms with Crippen LogP contribution < -0.4 is 5.73 Å². The summed E-state index contributed by atoms with van der Waals surface area (Å²) in [5, 5.41) is 0. The number of nitrogens with two attached hydrogens (primary N) is 1. The maximum Gasteiger partial charge on any atom is 0.0496 e. The lowest BCUT2D eigenvalue weighted by atomic mass is 9.95. The molecule has 0 aromatic heterocycles. The van der Waals surface area contributed by atoms with E-state index in [1.807, 2.05) is 11.8 Å². The molecule has 0 spiro atoms. The number of benzene rings is 1. The molecular weight excluding hydrogens is 240 g/mol. The van der Waals surface area contributed by atoms with Gasteiger partial charge in [0.1, 0.15) is 0 Å². The fourth-order valence-corrected chi connectivity index (χ4v) is 2.86. The summed E-state index contributed by atoms with van der Waals surface area (Å²) >= 11 is 1.90. The third kappa shape index (κ3) is 4.30. The van der Waals surface area contributed by atoms with Gasteiger partial charge < -0.3 is 5.73 Å². The van der Waals surface area contributed by atoms with Gasteiger partial charge >= 0.3 is 0 Å². The monoisotopic (exact) mass is 266 g/mol. The van der Waals surface area contributed by atoms with Gasteiger partial charge in [0.25, 0.3) is 0 Å². The molecule has 0 amide bonds.